The summed E-state index contributed by atoms with van der Waals surface area (Å²) in [6.07, 6.45) is 1.75. The van der Waals surface area contributed by atoms with Crippen molar-refractivity contribution in [3.63, 3.8) is 0 Å². The molecular weight excluding hydrogens is 274 g/mol. The number of halogens is 2. The molecule has 0 radical (unpaired) electrons. The van der Waals surface area contributed by atoms with Gasteiger partial charge in [-0.3, -0.25) is 4.98 Å². The van der Waals surface area contributed by atoms with Gasteiger partial charge in [-0.15, -0.1) is 0 Å². The van der Waals surface area contributed by atoms with Gasteiger partial charge in [-0.25, -0.2) is 8.78 Å². The molecule has 0 saturated carbocycles. The molecule has 3 nitrogen and oxygen atoms in total. The zero-order chi connectivity index (χ0) is 15.0. The highest BCUT2D eigenvalue weighted by atomic mass is 19.2. The Morgan fingerprint density at radius 2 is 1.86 bits per heavy atom. The summed E-state index contributed by atoms with van der Waals surface area (Å²) in [5, 5.41) is 10.2. The standard InChI is InChI=1S/C16H16F2N2O/c17-12-5-1-3-9(14(12)18)10-6-7-13(21)16-11(15(10)19)4-2-8-20-16/h1-5,8,10,13,15,21H,6-7,19H2/t10-,13+,15-/m0/s1. The Bertz CT molecular complexity index is 662. The molecule has 110 valence electrons. The first kappa shape index (κ1) is 14.1. The van der Waals surface area contributed by atoms with E-state index in [9.17, 15) is 13.9 Å². The molecule has 0 bridgehead atoms. The van der Waals surface area contributed by atoms with Crippen LogP contribution in [0.4, 0.5) is 8.78 Å². The third-order valence-electron chi connectivity index (χ3n) is 4.11. The maximum atomic E-state index is 14.1. The average molecular weight is 290 g/mol. The van der Waals surface area contributed by atoms with Crippen molar-refractivity contribution in [3.8, 4) is 0 Å². The van der Waals surface area contributed by atoms with Crippen LogP contribution >= 0.6 is 0 Å². The van der Waals surface area contributed by atoms with E-state index in [2.05, 4.69) is 4.98 Å². The molecular formula is C16H16F2N2O. The Labute approximate surface area is 121 Å². The van der Waals surface area contributed by atoms with Gasteiger partial charge >= 0.3 is 0 Å². The molecule has 1 aromatic heterocycles. The Kier molecular flexibility index (Phi) is 3.69. The number of aliphatic hydroxyl groups excluding tert-OH is 1. The number of nitrogens with zero attached hydrogens (tertiary/aromatic N) is 1. The lowest BCUT2D eigenvalue weighted by atomic mass is 9.86. The van der Waals surface area contributed by atoms with Crippen molar-refractivity contribution < 1.29 is 13.9 Å². The normalized spacial score (nSPS) is 25.2. The van der Waals surface area contributed by atoms with Gasteiger partial charge in [-0.05, 0) is 36.1 Å². The van der Waals surface area contributed by atoms with Gasteiger partial charge in [-0.2, -0.15) is 0 Å². The average Bonchev–Trinajstić information content (AvgIpc) is 2.62. The zero-order valence-electron chi connectivity index (χ0n) is 11.3. The monoisotopic (exact) mass is 290 g/mol. The molecule has 3 rings (SSSR count). The molecule has 0 spiro atoms. The molecule has 1 aromatic carbocycles. The van der Waals surface area contributed by atoms with E-state index in [-0.39, 0.29) is 11.5 Å². The summed E-state index contributed by atoms with van der Waals surface area (Å²) in [6.45, 7) is 0. The van der Waals surface area contributed by atoms with Crippen LogP contribution in [0.1, 0.15) is 47.7 Å². The minimum Gasteiger partial charge on any atom is -0.387 e. The van der Waals surface area contributed by atoms with Gasteiger partial charge in [0.15, 0.2) is 11.6 Å². The summed E-state index contributed by atoms with van der Waals surface area (Å²) >= 11 is 0. The first-order chi connectivity index (χ1) is 10.1. The van der Waals surface area contributed by atoms with Crippen LogP contribution in [0.2, 0.25) is 0 Å². The fourth-order valence-electron chi connectivity index (χ4n) is 3.02. The molecule has 0 fully saturated rings. The molecule has 0 aliphatic heterocycles. The number of aliphatic hydroxyl groups is 1. The second-order valence-corrected chi connectivity index (χ2v) is 5.35. The van der Waals surface area contributed by atoms with Gasteiger partial charge in [0.1, 0.15) is 0 Å². The first-order valence-electron chi connectivity index (χ1n) is 6.92. The smallest absolute Gasteiger partial charge is 0.162 e. The molecule has 0 unspecified atom stereocenters. The maximum absolute atomic E-state index is 14.1. The number of benzene rings is 1. The molecule has 1 heterocycles. The van der Waals surface area contributed by atoms with Crippen molar-refractivity contribution in [3.05, 3.63) is 65.0 Å². The number of hydrogen-bond acceptors (Lipinski definition) is 3. The fraction of sp³-hybridized carbons (Fsp3) is 0.312. The van der Waals surface area contributed by atoms with Crippen LogP contribution in [0, 0.1) is 11.6 Å². The number of hydrogen-bond donors (Lipinski definition) is 2. The molecule has 1 aliphatic rings. The molecule has 0 saturated heterocycles. The minimum atomic E-state index is -0.879. The van der Waals surface area contributed by atoms with Gasteiger partial charge in [0, 0.05) is 18.2 Å². The van der Waals surface area contributed by atoms with Gasteiger partial charge in [0.2, 0.25) is 0 Å². The third kappa shape index (κ3) is 2.43. The summed E-state index contributed by atoms with van der Waals surface area (Å²) in [5.74, 6) is -2.13. The van der Waals surface area contributed by atoms with Crippen LogP contribution in [0.3, 0.4) is 0 Å². The molecule has 0 amide bonds. The van der Waals surface area contributed by atoms with Crippen LogP contribution in [-0.2, 0) is 0 Å². The Morgan fingerprint density at radius 3 is 2.67 bits per heavy atom. The first-order valence-corrected chi connectivity index (χ1v) is 6.92. The van der Waals surface area contributed by atoms with E-state index in [1.807, 2.05) is 0 Å². The zero-order valence-corrected chi connectivity index (χ0v) is 11.3. The predicted molar refractivity (Wildman–Crippen MR) is 74.5 cm³/mol. The Balaban J connectivity index is 2.07. The minimum absolute atomic E-state index is 0.256. The van der Waals surface area contributed by atoms with Gasteiger partial charge in [0.05, 0.1) is 11.8 Å². The lowest BCUT2D eigenvalue weighted by Gasteiger charge is -2.23. The molecule has 2 aromatic rings. The highest BCUT2D eigenvalue weighted by Gasteiger charge is 2.32. The second kappa shape index (κ2) is 5.50. The highest BCUT2D eigenvalue weighted by Crippen LogP contribution is 2.41. The second-order valence-electron chi connectivity index (χ2n) is 5.35. The lowest BCUT2D eigenvalue weighted by molar-refractivity contribution is 0.160. The molecule has 1 aliphatic carbocycles. The fourth-order valence-corrected chi connectivity index (χ4v) is 3.02. The van der Waals surface area contributed by atoms with E-state index < -0.39 is 23.8 Å². The van der Waals surface area contributed by atoms with Crippen LogP contribution < -0.4 is 5.73 Å². The van der Waals surface area contributed by atoms with E-state index in [4.69, 9.17) is 5.73 Å². The lowest BCUT2D eigenvalue weighted by Crippen LogP contribution is -2.21. The van der Waals surface area contributed by atoms with E-state index in [1.165, 1.54) is 6.07 Å². The van der Waals surface area contributed by atoms with Crippen LogP contribution in [0.15, 0.2) is 36.5 Å². The van der Waals surface area contributed by atoms with Gasteiger partial charge in [0.25, 0.3) is 0 Å². The van der Waals surface area contributed by atoms with Gasteiger partial charge < -0.3 is 10.8 Å². The molecule has 21 heavy (non-hydrogen) atoms. The van der Waals surface area contributed by atoms with Crippen LogP contribution in [0.25, 0.3) is 0 Å². The summed E-state index contributed by atoms with van der Waals surface area (Å²) in [6, 6.07) is 7.11. The maximum Gasteiger partial charge on any atom is 0.162 e. The van der Waals surface area contributed by atoms with E-state index >= 15 is 0 Å². The van der Waals surface area contributed by atoms with Crippen molar-refractivity contribution >= 4 is 0 Å². The number of aromatic nitrogens is 1. The quantitative estimate of drug-likeness (QED) is 0.794. The highest BCUT2D eigenvalue weighted by molar-refractivity contribution is 5.33. The number of fused-ring (bicyclic) bond motifs is 1. The molecule has 5 heteroatoms. The van der Waals surface area contributed by atoms with Crippen molar-refractivity contribution in [2.75, 3.05) is 0 Å². The Morgan fingerprint density at radius 1 is 1.10 bits per heavy atom. The predicted octanol–water partition coefficient (Wildman–Crippen LogP) is 2.97. The van der Waals surface area contributed by atoms with E-state index in [0.29, 0.717) is 24.1 Å². The molecule has 3 N–H and O–H groups in total. The summed E-state index contributed by atoms with van der Waals surface area (Å²) in [7, 11) is 0. The Hall–Kier alpha value is -1.85. The third-order valence-corrected chi connectivity index (χ3v) is 4.11. The summed E-state index contributed by atoms with van der Waals surface area (Å²) < 4.78 is 27.5. The summed E-state index contributed by atoms with van der Waals surface area (Å²) in [5.41, 5.74) is 7.74. The SMILES string of the molecule is N[C@@H]1c2cccnc2[C@H](O)CC[C@H]1c1cccc(F)c1F. The molecule has 3 atom stereocenters. The number of rotatable bonds is 1. The van der Waals surface area contributed by atoms with Gasteiger partial charge in [-0.1, -0.05) is 18.2 Å². The van der Waals surface area contributed by atoms with Crippen molar-refractivity contribution in [2.24, 2.45) is 5.73 Å². The topological polar surface area (TPSA) is 59.1 Å². The van der Waals surface area contributed by atoms with E-state index in [0.717, 1.165) is 6.07 Å². The van der Waals surface area contributed by atoms with E-state index in [1.54, 1.807) is 24.4 Å². The van der Waals surface area contributed by atoms with Crippen molar-refractivity contribution in [1.29, 1.82) is 0 Å². The largest absolute Gasteiger partial charge is 0.387 e. The van der Waals surface area contributed by atoms with Crippen LogP contribution in [-0.4, -0.2) is 10.1 Å². The number of pyridine rings is 1. The van der Waals surface area contributed by atoms with Crippen LogP contribution in [0.5, 0.6) is 0 Å². The van der Waals surface area contributed by atoms with Crippen molar-refractivity contribution in [1.82, 2.24) is 4.98 Å². The summed E-state index contributed by atoms with van der Waals surface area (Å²) in [4.78, 5) is 4.18. The number of nitrogens with two attached hydrogens (primary N) is 1. The van der Waals surface area contributed by atoms with Crippen molar-refractivity contribution in [2.45, 2.75) is 30.9 Å².